The maximum Gasteiger partial charge on any atom is 0.240 e. The molecule has 7 heteroatoms. The normalized spacial score (nSPS) is 10.5. The molecule has 0 amide bonds. The fourth-order valence-corrected chi connectivity index (χ4v) is 1.92. The molecule has 0 saturated carbocycles. The van der Waals surface area contributed by atoms with Crippen LogP contribution in [0.3, 0.4) is 0 Å². The fourth-order valence-electron chi connectivity index (χ4n) is 1.45. The smallest absolute Gasteiger partial charge is 0.240 e. The molecule has 2 rings (SSSR count). The van der Waals surface area contributed by atoms with Crippen LogP contribution in [0.2, 0.25) is 10.0 Å². The average Bonchev–Trinajstić information content (AvgIpc) is 2.77. The molecule has 0 fully saturated rings. The Morgan fingerprint density at radius 2 is 2.16 bits per heavy atom. The summed E-state index contributed by atoms with van der Waals surface area (Å²) >= 11 is 12.1. The number of nitrogens with zero attached hydrogens (tertiary/aromatic N) is 3. The summed E-state index contributed by atoms with van der Waals surface area (Å²) in [6.07, 6.45) is 4.29. The molecule has 0 radical (unpaired) electrons. The Bertz CT molecular complexity index is 571. The van der Waals surface area contributed by atoms with Crippen molar-refractivity contribution in [2.24, 2.45) is 7.05 Å². The number of rotatable bonds is 5. The highest BCUT2D eigenvalue weighted by molar-refractivity contribution is 6.36. The van der Waals surface area contributed by atoms with Gasteiger partial charge in [-0.2, -0.15) is 10.1 Å². The first-order chi connectivity index (χ1) is 9.10. The summed E-state index contributed by atoms with van der Waals surface area (Å²) in [6.45, 7) is 2.84. The average molecular weight is 301 g/mol. The van der Waals surface area contributed by atoms with Crippen LogP contribution in [-0.4, -0.2) is 21.3 Å². The zero-order chi connectivity index (χ0) is 13.8. The number of hydrogen-bond acceptors (Lipinski definition) is 4. The highest BCUT2D eigenvalue weighted by Gasteiger charge is 2.11. The summed E-state index contributed by atoms with van der Waals surface area (Å²) in [5.41, 5.74) is 0. The topological polar surface area (TPSA) is 52.0 Å². The molecule has 2 heterocycles. The second kappa shape index (κ2) is 6.12. The Kier molecular flexibility index (Phi) is 4.50. The molecule has 0 aliphatic heterocycles. The molecule has 0 atom stereocenters. The monoisotopic (exact) mass is 300 g/mol. The quantitative estimate of drug-likeness (QED) is 0.914. The van der Waals surface area contributed by atoms with Crippen LogP contribution in [0.15, 0.2) is 18.5 Å². The van der Waals surface area contributed by atoms with Crippen molar-refractivity contribution in [2.45, 2.75) is 13.3 Å². The zero-order valence-electron chi connectivity index (χ0n) is 10.7. The lowest BCUT2D eigenvalue weighted by Gasteiger charge is -2.10. The SMILES string of the molecule is CCCNc1nc(Oc2cnn(C)c2)c(Cl)cc1Cl. The van der Waals surface area contributed by atoms with E-state index in [1.807, 2.05) is 0 Å². The van der Waals surface area contributed by atoms with Gasteiger partial charge < -0.3 is 10.1 Å². The van der Waals surface area contributed by atoms with Gasteiger partial charge in [0.05, 0.1) is 17.4 Å². The van der Waals surface area contributed by atoms with Crippen molar-refractivity contribution in [1.29, 1.82) is 0 Å². The Hall–Kier alpha value is -1.46. The van der Waals surface area contributed by atoms with Gasteiger partial charge in [-0.25, -0.2) is 0 Å². The van der Waals surface area contributed by atoms with E-state index in [4.69, 9.17) is 27.9 Å². The third-order valence-electron chi connectivity index (χ3n) is 2.34. The van der Waals surface area contributed by atoms with Crippen LogP contribution in [0.1, 0.15) is 13.3 Å². The molecule has 2 aromatic heterocycles. The van der Waals surface area contributed by atoms with Crippen molar-refractivity contribution in [3.8, 4) is 11.6 Å². The summed E-state index contributed by atoms with van der Waals surface area (Å²) < 4.78 is 7.21. The van der Waals surface area contributed by atoms with Gasteiger partial charge in [0.15, 0.2) is 5.75 Å². The molecule has 0 aliphatic carbocycles. The van der Waals surface area contributed by atoms with Crippen molar-refractivity contribution in [3.63, 3.8) is 0 Å². The van der Waals surface area contributed by atoms with Crippen LogP contribution in [0.25, 0.3) is 0 Å². The van der Waals surface area contributed by atoms with Gasteiger partial charge in [-0.3, -0.25) is 4.68 Å². The number of aryl methyl sites for hydroxylation is 1. The van der Waals surface area contributed by atoms with E-state index in [9.17, 15) is 0 Å². The van der Waals surface area contributed by atoms with Gasteiger partial charge >= 0.3 is 0 Å². The molecule has 102 valence electrons. The van der Waals surface area contributed by atoms with Crippen molar-refractivity contribution >= 4 is 29.0 Å². The lowest BCUT2D eigenvalue weighted by molar-refractivity contribution is 0.463. The number of halogens is 2. The predicted molar refractivity (Wildman–Crippen MR) is 76.3 cm³/mol. The second-order valence-electron chi connectivity index (χ2n) is 3.98. The van der Waals surface area contributed by atoms with Gasteiger partial charge in [0.2, 0.25) is 5.88 Å². The molecule has 19 heavy (non-hydrogen) atoms. The minimum atomic E-state index is 0.303. The number of aromatic nitrogens is 3. The van der Waals surface area contributed by atoms with Gasteiger partial charge in [0.1, 0.15) is 10.8 Å². The fraction of sp³-hybridized carbons (Fsp3) is 0.333. The van der Waals surface area contributed by atoms with E-state index in [1.165, 1.54) is 0 Å². The molecule has 1 N–H and O–H groups in total. The number of ether oxygens (including phenoxy) is 1. The van der Waals surface area contributed by atoms with Gasteiger partial charge in [-0.15, -0.1) is 0 Å². The van der Waals surface area contributed by atoms with E-state index >= 15 is 0 Å². The Morgan fingerprint density at radius 3 is 2.79 bits per heavy atom. The Labute approximate surface area is 121 Å². The molecule has 0 spiro atoms. The first kappa shape index (κ1) is 14.0. The highest BCUT2D eigenvalue weighted by atomic mass is 35.5. The van der Waals surface area contributed by atoms with Crippen LogP contribution >= 0.6 is 23.2 Å². The van der Waals surface area contributed by atoms with Crippen LogP contribution < -0.4 is 10.1 Å². The van der Waals surface area contributed by atoms with Crippen molar-refractivity contribution in [1.82, 2.24) is 14.8 Å². The molecule has 0 bridgehead atoms. The number of hydrogen-bond donors (Lipinski definition) is 1. The van der Waals surface area contributed by atoms with Gasteiger partial charge in [-0.05, 0) is 12.5 Å². The van der Waals surface area contributed by atoms with Gasteiger partial charge in [0, 0.05) is 13.6 Å². The minimum absolute atomic E-state index is 0.303. The van der Waals surface area contributed by atoms with E-state index < -0.39 is 0 Å². The van der Waals surface area contributed by atoms with Gasteiger partial charge in [0.25, 0.3) is 0 Å². The predicted octanol–water partition coefficient (Wildman–Crippen LogP) is 3.74. The zero-order valence-corrected chi connectivity index (χ0v) is 12.2. The first-order valence-electron chi connectivity index (χ1n) is 5.86. The molecule has 0 aliphatic rings. The lowest BCUT2D eigenvalue weighted by Crippen LogP contribution is -2.03. The summed E-state index contributed by atoms with van der Waals surface area (Å²) in [6, 6.07) is 1.61. The minimum Gasteiger partial charge on any atom is -0.434 e. The van der Waals surface area contributed by atoms with Crippen LogP contribution in [0.4, 0.5) is 5.82 Å². The molecule has 2 aromatic rings. The molecule has 0 aromatic carbocycles. The lowest BCUT2D eigenvalue weighted by atomic mass is 10.4. The van der Waals surface area contributed by atoms with E-state index in [-0.39, 0.29) is 0 Å². The molecular formula is C12H14Cl2N4O. The number of anilines is 1. The summed E-state index contributed by atoms with van der Waals surface area (Å²) in [5.74, 6) is 1.44. The molecular weight excluding hydrogens is 287 g/mol. The third kappa shape index (κ3) is 3.52. The third-order valence-corrected chi connectivity index (χ3v) is 2.89. The standard InChI is InChI=1S/C12H14Cl2N4O/c1-3-4-15-11-9(13)5-10(14)12(17-11)19-8-6-16-18(2)7-8/h5-7H,3-4H2,1-2H3,(H,15,17). The first-order valence-corrected chi connectivity index (χ1v) is 6.62. The number of pyridine rings is 1. The number of nitrogens with one attached hydrogen (secondary N) is 1. The van der Waals surface area contributed by atoms with E-state index in [0.29, 0.717) is 27.5 Å². The van der Waals surface area contributed by atoms with Gasteiger partial charge in [-0.1, -0.05) is 30.1 Å². The summed E-state index contributed by atoms with van der Waals surface area (Å²) in [4.78, 5) is 4.28. The summed E-state index contributed by atoms with van der Waals surface area (Å²) in [7, 11) is 1.80. The van der Waals surface area contributed by atoms with Crippen LogP contribution in [0.5, 0.6) is 11.6 Å². The molecule has 0 saturated heterocycles. The maximum atomic E-state index is 6.07. The van der Waals surface area contributed by atoms with E-state index in [0.717, 1.165) is 13.0 Å². The molecule has 0 unspecified atom stereocenters. The van der Waals surface area contributed by atoms with Crippen LogP contribution in [0, 0.1) is 0 Å². The Balaban J connectivity index is 2.24. The highest BCUT2D eigenvalue weighted by Crippen LogP contribution is 2.33. The van der Waals surface area contributed by atoms with Crippen LogP contribution in [-0.2, 0) is 7.05 Å². The largest absolute Gasteiger partial charge is 0.434 e. The molecule has 5 nitrogen and oxygen atoms in total. The maximum absolute atomic E-state index is 6.07. The summed E-state index contributed by atoms with van der Waals surface area (Å²) in [5, 5.41) is 7.96. The van der Waals surface area contributed by atoms with E-state index in [2.05, 4.69) is 22.3 Å². The van der Waals surface area contributed by atoms with Crippen molar-refractivity contribution in [3.05, 3.63) is 28.5 Å². The van der Waals surface area contributed by atoms with E-state index in [1.54, 1.807) is 30.2 Å². The Morgan fingerprint density at radius 1 is 1.37 bits per heavy atom. The van der Waals surface area contributed by atoms with Crippen molar-refractivity contribution in [2.75, 3.05) is 11.9 Å². The van der Waals surface area contributed by atoms with Crippen molar-refractivity contribution < 1.29 is 4.74 Å². The second-order valence-corrected chi connectivity index (χ2v) is 4.80.